The minimum Gasteiger partial charge on any atom is -0.870 e. The van der Waals surface area contributed by atoms with Crippen molar-refractivity contribution in [2.45, 2.75) is 19.3 Å². The molecule has 2 aliphatic heterocycles. The molecule has 0 atom stereocenters. The van der Waals surface area contributed by atoms with Crippen molar-refractivity contribution in [3.63, 3.8) is 0 Å². The lowest BCUT2D eigenvalue weighted by Gasteiger charge is -2.26. The van der Waals surface area contributed by atoms with Gasteiger partial charge in [-0.05, 0) is 12.5 Å². The highest BCUT2D eigenvalue weighted by Gasteiger charge is 2.32. The zero-order valence-electron chi connectivity index (χ0n) is 9.72. The van der Waals surface area contributed by atoms with Crippen molar-refractivity contribution in [1.29, 1.82) is 0 Å². The Kier molecular flexibility index (Phi) is 2.42. The fourth-order valence-electron chi connectivity index (χ4n) is 2.79. The van der Waals surface area contributed by atoms with Crippen LogP contribution in [0, 0.1) is 0 Å². The topological polar surface area (TPSA) is 49.5 Å². The fourth-order valence-corrected chi connectivity index (χ4v) is 2.79. The third-order valence-corrected chi connectivity index (χ3v) is 3.55. The van der Waals surface area contributed by atoms with E-state index in [0.29, 0.717) is 5.69 Å². The molecule has 0 bridgehead atoms. The number of aromatic hydroxyl groups is 1. The van der Waals surface area contributed by atoms with Crippen LogP contribution in [-0.4, -0.2) is 35.2 Å². The van der Waals surface area contributed by atoms with E-state index >= 15 is 0 Å². The molecule has 1 aromatic rings. The molecule has 0 fully saturated rings. The SMILES string of the molecule is [O-]c1ccc(O)cc1N1CCC[N+]2=C1CCC2. The van der Waals surface area contributed by atoms with Gasteiger partial charge in [0.1, 0.15) is 11.4 Å². The summed E-state index contributed by atoms with van der Waals surface area (Å²) in [6, 6.07) is 4.48. The maximum Gasteiger partial charge on any atom is 0.252 e. The molecule has 0 aliphatic carbocycles. The largest absolute Gasteiger partial charge is 0.870 e. The third kappa shape index (κ3) is 1.73. The van der Waals surface area contributed by atoms with Gasteiger partial charge in [-0.15, -0.1) is 0 Å². The highest BCUT2D eigenvalue weighted by atomic mass is 16.3. The van der Waals surface area contributed by atoms with Crippen LogP contribution in [0.25, 0.3) is 0 Å². The number of phenols is 1. The smallest absolute Gasteiger partial charge is 0.252 e. The number of nitrogens with zero attached hydrogens (tertiary/aromatic N) is 2. The van der Waals surface area contributed by atoms with Gasteiger partial charge in [-0.3, -0.25) is 4.58 Å². The second kappa shape index (κ2) is 3.95. The molecule has 4 heteroatoms. The van der Waals surface area contributed by atoms with Crippen molar-refractivity contribution in [3.05, 3.63) is 18.2 Å². The Morgan fingerprint density at radius 2 is 2.06 bits per heavy atom. The second-order valence-electron chi connectivity index (χ2n) is 4.66. The molecule has 17 heavy (non-hydrogen) atoms. The Hall–Kier alpha value is -1.71. The summed E-state index contributed by atoms with van der Waals surface area (Å²) in [7, 11) is 0. The Labute approximate surface area is 100 Å². The van der Waals surface area contributed by atoms with Gasteiger partial charge in [0.15, 0.2) is 0 Å². The van der Waals surface area contributed by atoms with Crippen LogP contribution in [0.1, 0.15) is 19.3 Å². The number of anilines is 1. The fraction of sp³-hybridized carbons (Fsp3) is 0.462. The van der Waals surface area contributed by atoms with Gasteiger partial charge in [-0.25, -0.2) is 4.90 Å². The summed E-state index contributed by atoms with van der Waals surface area (Å²) >= 11 is 0. The molecule has 4 nitrogen and oxygen atoms in total. The third-order valence-electron chi connectivity index (χ3n) is 3.55. The summed E-state index contributed by atoms with van der Waals surface area (Å²) in [6.45, 7) is 3.07. The van der Waals surface area contributed by atoms with E-state index < -0.39 is 0 Å². The molecular weight excluding hydrogens is 216 g/mol. The van der Waals surface area contributed by atoms with Crippen molar-refractivity contribution in [3.8, 4) is 11.5 Å². The minimum absolute atomic E-state index is 0.0101. The molecule has 0 saturated carbocycles. The Morgan fingerprint density at radius 3 is 2.94 bits per heavy atom. The molecule has 0 amide bonds. The Morgan fingerprint density at radius 1 is 1.24 bits per heavy atom. The second-order valence-corrected chi connectivity index (χ2v) is 4.66. The molecule has 0 spiro atoms. The van der Waals surface area contributed by atoms with Crippen LogP contribution >= 0.6 is 0 Å². The van der Waals surface area contributed by atoms with Crippen LogP contribution in [0.5, 0.6) is 11.5 Å². The van der Waals surface area contributed by atoms with Crippen LogP contribution < -0.4 is 10.0 Å². The van der Waals surface area contributed by atoms with Crippen molar-refractivity contribution in [2.24, 2.45) is 0 Å². The first kappa shape index (κ1) is 10.4. The number of rotatable bonds is 1. The molecule has 2 heterocycles. The minimum atomic E-state index is -0.0101. The van der Waals surface area contributed by atoms with Gasteiger partial charge in [0, 0.05) is 12.5 Å². The van der Waals surface area contributed by atoms with Gasteiger partial charge in [0.25, 0.3) is 5.84 Å². The predicted molar refractivity (Wildman–Crippen MR) is 63.8 cm³/mol. The van der Waals surface area contributed by atoms with E-state index in [1.165, 1.54) is 24.4 Å². The molecule has 1 N–H and O–H groups in total. The highest BCUT2D eigenvalue weighted by Crippen LogP contribution is 2.31. The van der Waals surface area contributed by atoms with E-state index in [0.717, 1.165) is 32.5 Å². The molecular formula is C13H16N2O2. The van der Waals surface area contributed by atoms with E-state index in [1.54, 1.807) is 6.07 Å². The van der Waals surface area contributed by atoms with Crippen molar-refractivity contribution in [1.82, 2.24) is 0 Å². The number of amidine groups is 1. The van der Waals surface area contributed by atoms with E-state index in [-0.39, 0.29) is 11.5 Å². The van der Waals surface area contributed by atoms with E-state index in [4.69, 9.17) is 0 Å². The maximum atomic E-state index is 11.9. The zero-order valence-corrected chi connectivity index (χ0v) is 9.72. The van der Waals surface area contributed by atoms with E-state index in [9.17, 15) is 10.2 Å². The summed E-state index contributed by atoms with van der Waals surface area (Å²) in [5, 5.41) is 21.4. The van der Waals surface area contributed by atoms with Crippen LogP contribution in [-0.2, 0) is 0 Å². The Balaban J connectivity index is 2.03. The first-order chi connectivity index (χ1) is 8.25. The summed E-state index contributed by atoms with van der Waals surface area (Å²) in [6.07, 6.45) is 3.27. The van der Waals surface area contributed by atoms with Crippen LogP contribution in [0.2, 0.25) is 0 Å². The summed E-state index contributed by atoms with van der Waals surface area (Å²) in [5.74, 6) is 1.40. The lowest BCUT2D eigenvalue weighted by Crippen LogP contribution is -2.41. The van der Waals surface area contributed by atoms with Gasteiger partial charge in [0.2, 0.25) is 0 Å². The highest BCUT2D eigenvalue weighted by molar-refractivity contribution is 5.96. The van der Waals surface area contributed by atoms with Gasteiger partial charge in [-0.2, -0.15) is 0 Å². The van der Waals surface area contributed by atoms with Crippen LogP contribution in [0.4, 0.5) is 5.69 Å². The quantitative estimate of drug-likeness (QED) is 0.731. The van der Waals surface area contributed by atoms with Crippen LogP contribution in [0.15, 0.2) is 18.2 Å². The summed E-state index contributed by atoms with van der Waals surface area (Å²) in [5.41, 5.74) is 0.617. The molecule has 0 saturated heterocycles. The van der Waals surface area contributed by atoms with Gasteiger partial charge in [0.05, 0.1) is 26.1 Å². The Bertz CT molecular complexity index is 482. The first-order valence-corrected chi connectivity index (χ1v) is 6.14. The van der Waals surface area contributed by atoms with Crippen molar-refractivity contribution >= 4 is 11.5 Å². The van der Waals surface area contributed by atoms with Crippen molar-refractivity contribution in [2.75, 3.05) is 24.5 Å². The number of hydrogen-bond donors (Lipinski definition) is 1. The number of hydrogen-bond acceptors (Lipinski definition) is 3. The molecule has 90 valence electrons. The lowest BCUT2D eigenvalue weighted by molar-refractivity contribution is -0.524. The average Bonchev–Trinajstić information content (AvgIpc) is 2.80. The predicted octanol–water partition coefficient (Wildman–Crippen LogP) is 0.881. The first-order valence-electron chi connectivity index (χ1n) is 6.14. The normalized spacial score (nSPS) is 19.6. The van der Waals surface area contributed by atoms with Gasteiger partial charge >= 0.3 is 0 Å². The standard InChI is InChI=1S/C13H16N2O2/c16-10-4-5-12(17)11(9-10)15-8-2-7-14-6-1-3-13(14)15/h4-5,9H,1-3,6-8H2,(H-,16,17). The average molecular weight is 232 g/mol. The molecule has 0 radical (unpaired) electrons. The number of benzene rings is 1. The van der Waals surface area contributed by atoms with Crippen molar-refractivity contribution < 1.29 is 14.8 Å². The zero-order chi connectivity index (χ0) is 11.8. The molecule has 3 rings (SSSR count). The lowest BCUT2D eigenvalue weighted by atomic mass is 10.2. The number of phenolic OH excluding ortho intramolecular Hbond substituents is 1. The van der Waals surface area contributed by atoms with Crippen LogP contribution in [0.3, 0.4) is 0 Å². The molecule has 0 aromatic heterocycles. The monoisotopic (exact) mass is 232 g/mol. The molecule has 2 aliphatic rings. The van der Waals surface area contributed by atoms with Gasteiger partial charge < -0.3 is 10.2 Å². The van der Waals surface area contributed by atoms with Gasteiger partial charge in [-0.1, -0.05) is 11.8 Å². The van der Waals surface area contributed by atoms with E-state index in [1.807, 2.05) is 0 Å². The maximum absolute atomic E-state index is 11.9. The van der Waals surface area contributed by atoms with E-state index in [2.05, 4.69) is 9.48 Å². The molecule has 0 unspecified atom stereocenters. The summed E-state index contributed by atoms with van der Waals surface area (Å²) < 4.78 is 2.35. The summed E-state index contributed by atoms with van der Waals surface area (Å²) in [4.78, 5) is 2.08. The molecule has 1 aromatic carbocycles.